The van der Waals surface area contributed by atoms with Crippen LogP contribution in [0.3, 0.4) is 0 Å². The predicted octanol–water partition coefficient (Wildman–Crippen LogP) is 4.70. The van der Waals surface area contributed by atoms with E-state index in [0.717, 1.165) is 16.3 Å². The summed E-state index contributed by atoms with van der Waals surface area (Å²) in [5, 5.41) is 14.8. The average molecular weight is 562 g/mol. The Hall–Kier alpha value is -4.01. The van der Waals surface area contributed by atoms with Crippen molar-refractivity contribution in [3.8, 4) is 23.3 Å². The number of fused-ring (bicyclic) bond motifs is 2. The Morgan fingerprint density at radius 1 is 1.20 bits per heavy atom. The molecule has 212 valence electrons. The summed E-state index contributed by atoms with van der Waals surface area (Å²) in [7, 11) is 1.63. The Labute approximate surface area is 235 Å². The van der Waals surface area contributed by atoms with Crippen LogP contribution in [0.1, 0.15) is 18.4 Å². The third kappa shape index (κ3) is 5.25. The molecule has 0 saturated carbocycles. The van der Waals surface area contributed by atoms with E-state index in [-0.39, 0.29) is 42.8 Å². The molecule has 0 spiro atoms. The number of ether oxygens (including phenoxy) is 1. The number of likely N-dealkylation sites (N-methyl/N-ethyl adjacent to an activating group) is 1. The van der Waals surface area contributed by atoms with Gasteiger partial charge in [0.25, 0.3) is 5.92 Å². The number of likely N-dealkylation sites (tertiary alicyclic amines) is 1. The molecule has 2 saturated heterocycles. The molecule has 2 aliphatic heterocycles. The number of alkyl halides is 2. The van der Waals surface area contributed by atoms with Crippen LogP contribution in [-0.2, 0) is 0 Å². The minimum absolute atomic E-state index is 0.0426. The van der Waals surface area contributed by atoms with Gasteiger partial charge in [-0.2, -0.15) is 15.2 Å². The Kier molecular flexibility index (Phi) is 7.13. The number of hydrogen-bond donors (Lipinski definition) is 1. The number of anilines is 1. The van der Waals surface area contributed by atoms with E-state index in [1.807, 2.05) is 48.2 Å². The summed E-state index contributed by atoms with van der Waals surface area (Å²) in [5.41, 5.74) is 1.84. The van der Waals surface area contributed by atoms with Crippen LogP contribution in [0.15, 0.2) is 42.6 Å². The SMILES string of the molecule is Cc1cccc2cccc(-c3ncc4c(N5CCN[C@@H](CC#N)C5)nc(OC[C@@H]5CC(F)(F)CN5C)nc4c3F)c12. The molecule has 8 nitrogen and oxygen atoms in total. The third-order valence-electron chi connectivity index (χ3n) is 7.95. The zero-order chi connectivity index (χ0) is 28.7. The zero-order valence-corrected chi connectivity index (χ0v) is 22.9. The Bertz CT molecular complexity index is 1650. The molecular weight excluding hydrogens is 531 g/mol. The van der Waals surface area contributed by atoms with Crippen molar-refractivity contribution in [3.05, 3.63) is 54.0 Å². The first kappa shape index (κ1) is 27.2. The second kappa shape index (κ2) is 10.8. The first-order valence-electron chi connectivity index (χ1n) is 13.6. The number of pyridine rings is 1. The fraction of sp³-hybridized carbons (Fsp3) is 0.400. The molecule has 0 unspecified atom stereocenters. The number of nitrogens with one attached hydrogen (secondary N) is 1. The van der Waals surface area contributed by atoms with Crippen LogP contribution in [-0.4, -0.2) is 77.7 Å². The van der Waals surface area contributed by atoms with Gasteiger partial charge >= 0.3 is 6.01 Å². The number of aryl methyl sites for hydroxylation is 1. The van der Waals surface area contributed by atoms with Crippen LogP contribution in [0, 0.1) is 24.1 Å². The van der Waals surface area contributed by atoms with Crippen LogP contribution >= 0.6 is 0 Å². The topological polar surface area (TPSA) is 90.2 Å². The molecule has 2 fully saturated rings. The Balaban J connectivity index is 1.45. The quantitative estimate of drug-likeness (QED) is 0.362. The number of nitrogens with zero attached hydrogens (tertiary/aromatic N) is 6. The molecule has 2 aromatic heterocycles. The van der Waals surface area contributed by atoms with Gasteiger partial charge in [0, 0.05) is 49.9 Å². The number of halogens is 3. The highest BCUT2D eigenvalue weighted by Gasteiger charge is 2.43. The van der Waals surface area contributed by atoms with Crippen LogP contribution in [0.5, 0.6) is 6.01 Å². The predicted molar refractivity (Wildman–Crippen MR) is 151 cm³/mol. The second-order valence-corrected chi connectivity index (χ2v) is 10.9. The summed E-state index contributed by atoms with van der Waals surface area (Å²) < 4.78 is 50.3. The van der Waals surface area contributed by atoms with Crippen molar-refractivity contribution in [2.75, 3.05) is 44.7 Å². The highest BCUT2D eigenvalue weighted by molar-refractivity contribution is 6.00. The normalized spacial score (nSPS) is 20.9. The molecular formula is C30H30F3N7O. The highest BCUT2D eigenvalue weighted by atomic mass is 19.3. The maximum Gasteiger partial charge on any atom is 0.319 e. The number of benzene rings is 2. The zero-order valence-electron chi connectivity index (χ0n) is 22.9. The summed E-state index contributed by atoms with van der Waals surface area (Å²) in [6.07, 6.45) is 1.55. The molecule has 0 radical (unpaired) electrons. The van der Waals surface area contributed by atoms with Crippen molar-refractivity contribution < 1.29 is 17.9 Å². The standard InChI is InChI=1S/C30H30F3N7O/c1-18-5-3-6-19-7-4-8-22(24(18)19)26-25(31)27-23(14-36-26)28(40-12-11-35-20(15-40)9-10-34)38-29(37-27)41-16-21-13-30(32,33)17-39(21)2/h3-8,14,20-21,35H,9,11-13,15-17H2,1-2H3/t20-,21-/m0/s1. The fourth-order valence-electron chi connectivity index (χ4n) is 5.92. The maximum absolute atomic E-state index is 16.5. The van der Waals surface area contributed by atoms with Gasteiger partial charge in [-0.05, 0) is 30.3 Å². The lowest BCUT2D eigenvalue weighted by molar-refractivity contribution is 0.0136. The molecule has 2 atom stereocenters. The summed E-state index contributed by atoms with van der Waals surface area (Å²) in [6, 6.07) is 13.1. The van der Waals surface area contributed by atoms with Gasteiger partial charge in [-0.3, -0.25) is 9.88 Å². The monoisotopic (exact) mass is 561 g/mol. The lowest BCUT2D eigenvalue weighted by Crippen LogP contribution is -2.51. The van der Waals surface area contributed by atoms with Gasteiger partial charge in [-0.15, -0.1) is 0 Å². The Morgan fingerprint density at radius 3 is 2.76 bits per heavy atom. The highest BCUT2D eigenvalue weighted by Crippen LogP contribution is 2.36. The van der Waals surface area contributed by atoms with Crippen LogP contribution in [0.2, 0.25) is 0 Å². The molecule has 11 heteroatoms. The molecule has 0 amide bonds. The van der Waals surface area contributed by atoms with E-state index >= 15 is 4.39 Å². The van der Waals surface area contributed by atoms with Gasteiger partial charge in [0.15, 0.2) is 5.82 Å². The number of aromatic nitrogens is 3. The minimum atomic E-state index is -2.79. The number of piperazine rings is 1. The largest absolute Gasteiger partial charge is 0.462 e. The summed E-state index contributed by atoms with van der Waals surface area (Å²) in [6.45, 7) is 3.22. The minimum Gasteiger partial charge on any atom is -0.462 e. The first-order chi connectivity index (χ1) is 19.7. The van der Waals surface area contributed by atoms with Crippen molar-refractivity contribution in [1.82, 2.24) is 25.2 Å². The van der Waals surface area contributed by atoms with E-state index in [2.05, 4.69) is 26.3 Å². The van der Waals surface area contributed by atoms with Crippen molar-refractivity contribution in [2.45, 2.75) is 37.8 Å². The molecule has 41 heavy (non-hydrogen) atoms. The molecule has 4 aromatic rings. The van der Waals surface area contributed by atoms with E-state index in [0.29, 0.717) is 42.8 Å². The molecule has 0 aliphatic carbocycles. The molecule has 2 aromatic carbocycles. The molecule has 0 bridgehead atoms. The van der Waals surface area contributed by atoms with Gasteiger partial charge in [0.2, 0.25) is 0 Å². The van der Waals surface area contributed by atoms with Crippen LogP contribution in [0.4, 0.5) is 19.0 Å². The summed E-state index contributed by atoms with van der Waals surface area (Å²) in [4.78, 5) is 17.1. The lowest BCUT2D eigenvalue weighted by atomic mass is 9.97. The van der Waals surface area contributed by atoms with E-state index in [1.165, 1.54) is 0 Å². The van der Waals surface area contributed by atoms with Crippen LogP contribution < -0.4 is 15.0 Å². The van der Waals surface area contributed by atoms with E-state index in [1.54, 1.807) is 18.1 Å². The number of nitriles is 1. The van der Waals surface area contributed by atoms with Gasteiger partial charge < -0.3 is 15.0 Å². The maximum atomic E-state index is 16.5. The molecule has 2 aliphatic rings. The smallest absolute Gasteiger partial charge is 0.319 e. The third-order valence-corrected chi connectivity index (χ3v) is 7.95. The lowest BCUT2D eigenvalue weighted by Gasteiger charge is -2.34. The second-order valence-electron chi connectivity index (χ2n) is 10.9. The van der Waals surface area contributed by atoms with Crippen molar-refractivity contribution in [2.24, 2.45) is 0 Å². The van der Waals surface area contributed by atoms with Crippen LogP contribution in [0.25, 0.3) is 32.9 Å². The van der Waals surface area contributed by atoms with Crippen molar-refractivity contribution in [3.63, 3.8) is 0 Å². The average Bonchev–Trinajstić information content (AvgIpc) is 3.23. The summed E-state index contributed by atoms with van der Waals surface area (Å²) >= 11 is 0. The molecule has 1 N–H and O–H groups in total. The molecule has 4 heterocycles. The first-order valence-corrected chi connectivity index (χ1v) is 13.6. The number of hydrogen-bond acceptors (Lipinski definition) is 8. The Morgan fingerprint density at radius 2 is 2.00 bits per heavy atom. The van der Waals surface area contributed by atoms with E-state index in [9.17, 15) is 14.0 Å². The summed E-state index contributed by atoms with van der Waals surface area (Å²) in [5.74, 6) is -2.97. The molecule has 6 rings (SSSR count). The van der Waals surface area contributed by atoms with E-state index in [4.69, 9.17) is 4.74 Å². The van der Waals surface area contributed by atoms with Crippen molar-refractivity contribution in [1.29, 1.82) is 5.26 Å². The van der Waals surface area contributed by atoms with Gasteiger partial charge in [-0.1, -0.05) is 36.4 Å². The van der Waals surface area contributed by atoms with Gasteiger partial charge in [0.1, 0.15) is 23.6 Å². The number of rotatable bonds is 6. The van der Waals surface area contributed by atoms with Gasteiger partial charge in [-0.25, -0.2) is 13.2 Å². The van der Waals surface area contributed by atoms with Crippen molar-refractivity contribution >= 4 is 27.5 Å². The van der Waals surface area contributed by atoms with Gasteiger partial charge in [0.05, 0.1) is 24.4 Å². The fourth-order valence-corrected chi connectivity index (χ4v) is 5.92. The van der Waals surface area contributed by atoms with E-state index < -0.39 is 17.8 Å².